The summed E-state index contributed by atoms with van der Waals surface area (Å²) in [4.78, 5) is 1.38. The van der Waals surface area contributed by atoms with Gasteiger partial charge in [0.1, 0.15) is 0 Å². The molecule has 0 fully saturated rings. The van der Waals surface area contributed by atoms with Crippen LogP contribution in [0.3, 0.4) is 0 Å². The van der Waals surface area contributed by atoms with Crippen LogP contribution in [-0.2, 0) is 0 Å². The molecule has 0 aliphatic rings. The quantitative estimate of drug-likeness (QED) is 0.174. The Labute approximate surface area is 287 Å². The summed E-state index contributed by atoms with van der Waals surface area (Å²) in [5.74, 6) is 0. The minimum Gasteiger partial charge on any atom is -0.310 e. The molecule has 0 bridgehead atoms. The fourth-order valence-electron chi connectivity index (χ4n) is 5.79. The number of hydrogen-bond donors (Lipinski definition) is 0. The van der Waals surface area contributed by atoms with Crippen molar-refractivity contribution in [3.63, 3.8) is 0 Å². The maximum absolute atomic E-state index is 9.63. The van der Waals surface area contributed by atoms with Crippen molar-refractivity contribution in [2.45, 2.75) is 0 Å². The van der Waals surface area contributed by atoms with E-state index in [2.05, 4.69) is 0 Å². The highest BCUT2D eigenvalue weighted by Crippen LogP contribution is 2.39. The Bertz CT molecular complexity index is 2700. The highest BCUT2D eigenvalue weighted by Gasteiger charge is 2.15. The van der Waals surface area contributed by atoms with Gasteiger partial charge in [0.25, 0.3) is 0 Å². The predicted molar refractivity (Wildman–Crippen MR) is 200 cm³/mol. The molecule has 0 radical (unpaired) electrons. The molecule has 222 valence electrons. The van der Waals surface area contributed by atoms with Crippen molar-refractivity contribution in [1.29, 1.82) is 0 Å². The summed E-state index contributed by atoms with van der Waals surface area (Å²) < 4.78 is 74.3. The lowest BCUT2D eigenvalue weighted by Gasteiger charge is -2.26. The molecule has 8 aromatic carbocycles. The smallest absolute Gasteiger partial charge is 0.0651 e. The van der Waals surface area contributed by atoms with E-state index >= 15 is 0 Å². The first-order chi connectivity index (χ1) is 26.6. The van der Waals surface area contributed by atoms with Gasteiger partial charge in [-0.15, -0.1) is 0 Å². The summed E-state index contributed by atoms with van der Waals surface area (Å²) >= 11 is 0. The topological polar surface area (TPSA) is 3.24 Å². The van der Waals surface area contributed by atoms with E-state index < -0.39 is 12.1 Å². The van der Waals surface area contributed by atoms with Gasteiger partial charge in [-0.25, -0.2) is 0 Å². The molecule has 8 rings (SSSR count). The zero-order valence-electron chi connectivity index (χ0n) is 33.4. The standard InChI is InChI=1S/C46H33N/c1-3-11-34(12-4-1)37-23-27-44(28-24-37)47(46-20-10-19-42(33-46)43-22-21-36-15-7-8-16-39(36)32-43)45-29-25-38(26-30-45)41-18-9-17-40(31-41)35-13-5-2-6-14-35/h1-33H/i10D,19D,20D,25D,26D,29D,30D,33D. The zero-order valence-corrected chi connectivity index (χ0v) is 25.4. The van der Waals surface area contributed by atoms with Gasteiger partial charge in [0, 0.05) is 17.1 Å². The van der Waals surface area contributed by atoms with E-state index in [0.717, 1.165) is 33.0 Å². The molecule has 0 atom stereocenters. The number of hydrogen-bond acceptors (Lipinski definition) is 1. The molecule has 1 nitrogen and oxygen atoms in total. The van der Waals surface area contributed by atoms with E-state index in [-0.39, 0.29) is 58.8 Å². The molecule has 0 saturated carbocycles. The van der Waals surface area contributed by atoms with E-state index in [0.29, 0.717) is 16.8 Å². The van der Waals surface area contributed by atoms with Gasteiger partial charge in [0.15, 0.2) is 0 Å². The first-order valence-electron chi connectivity index (χ1n) is 19.5. The summed E-state index contributed by atoms with van der Waals surface area (Å²) in [6, 6.07) is 44.5. The predicted octanol–water partition coefficient (Wildman–Crippen LogP) is 13.0. The second-order valence-corrected chi connectivity index (χ2v) is 11.2. The van der Waals surface area contributed by atoms with Crippen molar-refractivity contribution >= 4 is 27.8 Å². The van der Waals surface area contributed by atoms with Gasteiger partial charge in [-0.2, -0.15) is 0 Å². The molecule has 0 unspecified atom stereocenters. The first-order valence-corrected chi connectivity index (χ1v) is 15.5. The van der Waals surface area contributed by atoms with Crippen LogP contribution in [0, 0.1) is 0 Å². The SMILES string of the molecule is [2H]c1c([2H])c(-c2ccc3ccccc3c2)c([2H])c(N(c2ccc(-c3ccccc3)cc2)c2c([2H])c([2H])c(-c3cccc(-c4ccccc4)c3)c([2H])c2[2H])c1[2H]. The van der Waals surface area contributed by atoms with Gasteiger partial charge in [-0.3, -0.25) is 0 Å². The molecule has 47 heavy (non-hydrogen) atoms. The third-order valence-electron chi connectivity index (χ3n) is 8.20. The largest absolute Gasteiger partial charge is 0.310 e. The molecule has 0 aromatic heterocycles. The summed E-state index contributed by atoms with van der Waals surface area (Å²) in [7, 11) is 0. The first kappa shape index (κ1) is 20.8. The number of fused-ring (bicyclic) bond motifs is 1. The van der Waals surface area contributed by atoms with Gasteiger partial charge in [-0.05, 0) is 104 Å². The fraction of sp³-hybridized carbons (Fsp3) is 0. The molecule has 0 aliphatic heterocycles. The lowest BCUT2D eigenvalue weighted by Crippen LogP contribution is -2.10. The molecule has 0 heterocycles. The minimum absolute atomic E-state index is 0.118. The van der Waals surface area contributed by atoms with Crippen molar-refractivity contribution in [3.8, 4) is 44.5 Å². The number of anilines is 3. The molecule has 1 heteroatoms. The molecular formula is C46H33N. The average molecular weight is 608 g/mol. The van der Waals surface area contributed by atoms with E-state index in [1.165, 1.54) is 4.90 Å². The van der Waals surface area contributed by atoms with Crippen molar-refractivity contribution in [3.05, 3.63) is 200 Å². The van der Waals surface area contributed by atoms with E-state index in [1.54, 1.807) is 24.3 Å². The van der Waals surface area contributed by atoms with Crippen molar-refractivity contribution in [2.75, 3.05) is 4.90 Å². The molecular weight excluding hydrogens is 567 g/mol. The summed E-state index contributed by atoms with van der Waals surface area (Å²) in [5.41, 5.74) is 4.97. The van der Waals surface area contributed by atoms with Crippen LogP contribution in [0.1, 0.15) is 11.0 Å². The normalized spacial score (nSPS) is 13.4. The van der Waals surface area contributed by atoms with E-state index in [9.17, 15) is 8.22 Å². The fourth-order valence-corrected chi connectivity index (χ4v) is 5.79. The second-order valence-electron chi connectivity index (χ2n) is 11.2. The van der Waals surface area contributed by atoms with Crippen LogP contribution >= 0.6 is 0 Å². The monoisotopic (exact) mass is 607 g/mol. The lowest BCUT2D eigenvalue weighted by molar-refractivity contribution is 1.28. The van der Waals surface area contributed by atoms with Gasteiger partial charge in [0.05, 0.1) is 11.0 Å². The van der Waals surface area contributed by atoms with Crippen LogP contribution in [0.4, 0.5) is 17.1 Å². The van der Waals surface area contributed by atoms with Crippen LogP contribution in [0.2, 0.25) is 0 Å². The lowest BCUT2D eigenvalue weighted by atomic mass is 9.98. The van der Waals surface area contributed by atoms with Crippen molar-refractivity contribution in [2.24, 2.45) is 0 Å². The Kier molecular flexibility index (Phi) is 5.60. The molecule has 0 N–H and O–H groups in total. The maximum atomic E-state index is 9.63. The Balaban J connectivity index is 1.38. The van der Waals surface area contributed by atoms with Crippen molar-refractivity contribution < 1.29 is 11.0 Å². The van der Waals surface area contributed by atoms with Gasteiger partial charge in [0.2, 0.25) is 0 Å². The Morgan fingerprint density at radius 2 is 0.872 bits per heavy atom. The van der Waals surface area contributed by atoms with Crippen LogP contribution in [0.25, 0.3) is 55.3 Å². The number of nitrogens with zero attached hydrogens (tertiary/aromatic N) is 1. The molecule has 8 aromatic rings. The van der Waals surface area contributed by atoms with Crippen LogP contribution in [0.5, 0.6) is 0 Å². The van der Waals surface area contributed by atoms with Gasteiger partial charge >= 0.3 is 0 Å². The third kappa shape index (κ3) is 5.95. The number of rotatable bonds is 7. The number of benzene rings is 8. The highest BCUT2D eigenvalue weighted by molar-refractivity contribution is 5.89. The van der Waals surface area contributed by atoms with Gasteiger partial charge in [-0.1, -0.05) is 152 Å². The maximum Gasteiger partial charge on any atom is 0.0651 e. The van der Waals surface area contributed by atoms with E-state index in [1.807, 2.05) is 127 Å². The zero-order chi connectivity index (χ0) is 38.4. The Morgan fingerprint density at radius 3 is 1.60 bits per heavy atom. The molecule has 0 amide bonds. The van der Waals surface area contributed by atoms with E-state index in [4.69, 9.17) is 2.74 Å². The van der Waals surface area contributed by atoms with Crippen molar-refractivity contribution in [1.82, 2.24) is 0 Å². The second kappa shape index (κ2) is 12.7. The van der Waals surface area contributed by atoms with Crippen LogP contribution in [0.15, 0.2) is 200 Å². The summed E-state index contributed by atoms with van der Waals surface area (Å²) in [6.45, 7) is 0. The Morgan fingerprint density at radius 1 is 0.319 bits per heavy atom. The highest BCUT2D eigenvalue weighted by atomic mass is 15.1. The van der Waals surface area contributed by atoms with Crippen LogP contribution < -0.4 is 4.90 Å². The molecule has 0 spiro atoms. The molecule has 0 aliphatic carbocycles. The van der Waals surface area contributed by atoms with Gasteiger partial charge < -0.3 is 4.90 Å². The Hall–Kier alpha value is -6.18. The summed E-state index contributed by atoms with van der Waals surface area (Å²) in [6.07, 6.45) is 0. The average Bonchev–Trinajstić information content (AvgIpc) is 3.22. The van der Waals surface area contributed by atoms with Crippen LogP contribution in [-0.4, -0.2) is 0 Å². The summed E-state index contributed by atoms with van der Waals surface area (Å²) in [5, 5.41) is 1.84. The third-order valence-corrected chi connectivity index (χ3v) is 8.20. The minimum atomic E-state index is -0.442. The molecule has 0 saturated heterocycles.